The Morgan fingerprint density at radius 2 is 2.00 bits per heavy atom. The standard InChI is InChI=1S/C27H37N3OS/c1-22(30-20-23-11-8-9-17-28-18-24(23)21-30)10-6-7-12-25-15-16-27(19-29-25)32(2,31)26-13-4-3-5-14-26/h3-5,13-14,16,18-19,22,25H,2,6-12,15,17,20-21H2,1H3. The van der Waals surface area contributed by atoms with Gasteiger partial charge in [0.25, 0.3) is 0 Å². The Morgan fingerprint density at radius 3 is 2.78 bits per heavy atom. The van der Waals surface area contributed by atoms with E-state index in [-0.39, 0.29) is 0 Å². The summed E-state index contributed by atoms with van der Waals surface area (Å²) < 4.78 is 13.2. The first kappa shape index (κ1) is 23.2. The Bertz CT molecular complexity index is 1000. The number of dihydropyridines is 1. The van der Waals surface area contributed by atoms with Crippen LogP contribution >= 0.6 is 0 Å². The summed E-state index contributed by atoms with van der Waals surface area (Å²) in [4.78, 5) is 13.5. The second-order valence-corrected chi connectivity index (χ2v) is 11.7. The van der Waals surface area contributed by atoms with Crippen molar-refractivity contribution < 1.29 is 4.21 Å². The molecule has 3 heterocycles. The molecule has 1 aromatic carbocycles. The molecule has 0 saturated carbocycles. The van der Waals surface area contributed by atoms with Gasteiger partial charge in [-0.2, -0.15) is 0 Å². The van der Waals surface area contributed by atoms with Crippen molar-refractivity contribution in [3.8, 4) is 0 Å². The molecule has 0 N–H and O–H groups in total. The highest BCUT2D eigenvalue weighted by atomic mass is 32.2. The lowest BCUT2D eigenvalue weighted by Gasteiger charge is -2.25. The molecule has 0 saturated heterocycles. The summed E-state index contributed by atoms with van der Waals surface area (Å²) in [7, 11) is -2.45. The van der Waals surface area contributed by atoms with E-state index in [0.717, 1.165) is 42.3 Å². The first-order valence-corrected chi connectivity index (χ1v) is 13.9. The van der Waals surface area contributed by atoms with Gasteiger partial charge in [-0.3, -0.25) is 19.1 Å². The van der Waals surface area contributed by atoms with Gasteiger partial charge in [0.2, 0.25) is 0 Å². The van der Waals surface area contributed by atoms with E-state index in [1.54, 1.807) is 5.57 Å². The quantitative estimate of drug-likeness (QED) is 0.397. The van der Waals surface area contributed by atoms with Crippen LogP contribution < -0.4 is 0 Å². The van der Waals surface area contributed by atoms with Crippen molar-refractivity contribution in [2.24, 2.45) is 9.98 Å². The third kappa shape index (κ3) is 5.68. The lowest BCUT2D eigenvalue weighted by molar-refractivity contribution is 0.246. The molecule has 0 bridgehead atoms. The molecule has 1 aromatic rings. The minimum absolute atomic E-state index is 0.310. The van der Waals surface area contributed by atoms with Crippen molar-refractivity contribution in [2.45, 2.75) is 75.3 Å². The predicted molar refractivity (Wildman–Crippen MR) is 139 cm³/mol. The Morgan fingerprint density at radius 1 is 1.16 bits per heavy atom. The molecule has 172 valence electrons. The number of benzene rings is 1. The van der Waals surface area contributed by atoms with Crippen LogP contribution in [-0.4, -0.2) is 59.1 Å². The van der Waals surface area contributed by atoms with Gasteiger partial charge < -0.3 is 0 Å². The van der Waals surface area contributed by atoms with Gasteiger partial charge >= 0.3 is 0 Å². The third-order valence-electron chi connectivity index (χ3n) is 7.03. The molecule has 0 amide bonds. The normalized spacial score (nSPS) is 24.4. The summed E-state index contributed by atoms with van der Waals surface area (Å²) in [5.41, 5.74) is 3.10. The molecule has 0 spiro atoms. The third-order valence-corrected chi connectivity index (χ3v) is 9.09. The van der Waals surface area contributed by atoms with Gasteiger partial charge in [0, 0.05) is 57.4 Å². The second kappa shape index (κ2) is 10.8. The SMILES string of the molecule is C=S(=O)(C1=CCC(CCCCC(C)N2CC3=C(CCCCN=C3)C2)N=C1)c1ccccc1. The van der Waals surface area contributed by atoms with Gasteiger partial charge in [-0.05, 0) is 69.0 Å². The summed E-state index contributed by atoms with van der Waals surface area (Å²) >= 11 is 0. The lowest BCUT2D eigenvalue weighted by Crippen LogP contribution is -2.31. The van der Waals surface area contributed by atoms with Crippen LogP contribution in [0.25, 0.3) is 0 Å². The maximum atomic E-state index is 13.2. The van der Waals surface area contributed by atoms with Crippen LogP contribution in [0.4, 0.5) is 0 Å². The molecule has 0 radical (unpaired) electrons. The molecule has 4 rings (SSSR count). The van der Waals surface area contributed by atoms with E-state index in [1.165, 1.54) is 44.1 Å². The Labute approximate surface area is 194 Å². The second-order valence-electron chi connectivity index (χ2n) is 9.42. The van der Waals surface area contributed by atoms with E-state index < -0.39 is 9.52 Å². The summed E-state index contributed by atoms with van der Waals surface area (Å²) in [5.74, 6) is 4.01. The fourth-order valence-corrected chi connectivity index (χ4v) is 6.33. The van der Waals surface area contributed by atoms with Gasteiger partial charge in [-0.25, -0.2) is 0 Å². The topological polar surface area (TPSA) is 45.0 Å². The molecule has 0 aromatic heterocycles. The number of aliphatic imine (C=N–C) groups is 2. The average molecular weight is 452 g/mol. The first-order chi connectivity index (χ1) is 15.5. The van der Waals surface area contributed by atoms with Crippen molar-refractivity contribution in [1.29, 1.82) is 0 Å². The summed E-state index contributed by atoms with van der Waals surface area (Å²) in [6.07, 6.45) is 15.4. The maximum Gasteiger partial charge on any atom is 0.0535 e. The van der Waals surface area contributed by atoms with Gasteiger partial charge in [0.15, 0.2) is 0 Å². The van der Waals surface area contributed by atoms with Gasteiger partial charge in [0.1, 0.15) is 0 Å². The van der Waals surface area contributed by atoms with E-state index in [0.29, 0.717) is 12.1 Å². The number of hydrogen-bond donors (Lipinski definition) is 0. The maximum absolute atomic E-state index is 13.2. The van der Waals surface area contributed by atoms with Crippen LogP contribution in [0, 0.1) is 0 Å². The molecule has 3 aliphatic heterocycles. The van der Waals surface area contributed by atoms with E-state index >= 15 is 0 Å². The number of unbranched alkanes of at least 4 members (excludes halogenated alkanes) is 1. The van der Waals surface area contributed by atoms with Gasteiger partial charge in [-0.1, -0.05) is 42.7 Å². The van der Waals surface area contributed by atoms with Crippen LogP contribution in [0.2, 0.25) is 0 Å². The van der Waals surface area contributed by atoms with Gasteiger partial charge in [0.05, 0.1) is 6.04 Å². The van der Waals surface area contributed by atoms with E-state index in [2.05, 4.69) is 35.0 Å². The smallest absolute Gasteiger partial charge is 0.0535 e. The molecule has 5 heteroatoms. The van der Waals surface area contributed by atoms with Crippen LogP contribution in [0.3, 0.4) is 0 Å². The Balaban J connectivity index is 1.18. The predicted octanol–water partition coefficient (Wildman–Crippen LogP) is 5.30. The zero-order chi connectivity index (χ0) is 22.4. The van der Waals surface area contributed by atoms with Crippen LogP contribution in [0.5, 0.6) is 0 Å². The molecule has 3 aliphatic rings. The minimum atomic E-state index is -2.45. The summed E-state index contributed by atoms with van der Waals surface area (Å²) in [6.45, 7) is 5.57. The van der Waals surface area contributed by atoms with Crippen molar-refractivity contribution >= 4 is 27.8 Å². The monoisotopic (exact) mass is 451 g/mol. The first-order valence-electron chi connectivity index (χ1n) is 12.1. The molecule has 3 unspecified atom stereocenters. The number of rotatable bonds is 8. The van der Waals surface area contributed by atoms with Crippen LogP contribution in [0.15, 0.2) is 67.3 Å². The van der Waals surface area contributed by atoms with Crippen LogP contribution in [0.1, 0.15) is 58.3 Å². The highest BCUT2D eigenvalue weighted by molar-refractivity contribution is 8.04. The highest BCUT2D eigenvalue weighted by Gasteiger charge is 2.25. The summed E-state index contributed by atoms with van der Waals surface area (Å²) in [6, 6.07) is 10.5. The van der Waals surface area contributed by atoms with Crippen molar-refractivity contribution in [3.05, 3.63) is 52.5 Å². The van der Waals surface area contributed by atoms with Crippen molar-refractivity contribution in [3.63, 3.8) is 0 Å². The Hall–Kier alpha value is -1.98. The van der Waals surface area contributed by atoms with E-state index in [4.69, 9.17) is 4.99 Å². The zero-order valence-electron chi connectivity index (χ0n) is 19.4. The number of allylic oxidation sites excluding steroid dienone is 1. The molecule has 4 nitrogen and oxygen atoms in total. The fourth-order valence-electron chi connectivity index (χ4n) is 4.87. The largest absolute Gasteiger partial charge is 0.293 e. The molecule has 32 heavy (non-hydrogen) atoms. The molecule has 0 aliphatic carbocycles. The molecule has 3 atom stereocenters. The van der Waals surface area contributed by atoms with E-state index in [1.807, 2.05) is 36.5 Å². The highest BCUT2D eigenvalue weighted by Crippen LogP contribution is 2.27. The Kier molecular flexibility index (Phi) is 7.80. The zero-order valence-corrected chi connectivity index (χ0v) is 20.2. The van der Waals surface area contributed by atoms with Crippen molar-refractivity contribution in [2.75, 3.05) is 19.6 Å². The molecular formula is C27H37N3OS. The molecule has 0 fully saturated rings. The lowest BCUT2D eigenvalue weighted by atomic mass is 10.0. The summed E-state index contributed by atoms with van der Waals surface area (Å²) in [5, 5.41) is 0. The number of nitrogens with zero attached hydrogens (tertiary/aromatic N) is 3. The van der Waals surface area contributed by atoms with Crippen LogP contribution in [-0.2, 0) is 9.52 Å². The van der Waals surface area contributed by atoms with Gasteiger partial charge in [-0.15, -0.1) is 0 Å². The fraction of sp³-hybridized carbons (Fsp3) is 0.519. The average Bonchev–Trinajstić information content (AvgIpc) is 3.19. The van der Waals surface area contributed by atoms with Crippen molar-refractivity contribution in [1.82, 2.24) is 4.90 Å². The number of hydrogen-bond acceptors (Lipinski definition) is 4. The molecular weight excluding hydrogens is 414 g/mol. The van der Waals surface area contributed by atoms with E-state index in [9.17, 15) is 4.21 Å². The minimum Gasteiger partial charge on any atom is -0.293 e.